The Morgan fingerprint density at radius 1 is 1.00 bits per heavy atom. The van der Waals surface area contributed by atoms with Crippen LogP contribution in [0.4, 0.5) is 13.2 Å². The second-order valence-corrected chi connectivity index (χ2v) is 9.23. The van der Waals surface area contributed by atoms with Crippen molar-refractivity contribution in [2.75, 3.05) is 13.1 Å². The van der Waals surface area contributed by atoms with Gasteiger partial charge in [0.25, 0.3) is 5.56 Å². The Kier molecular flexibility index (Phi) is 7.35. The molecule has 0 radical (unpaired) electrons. The molecule has 0 bridgehead atoms. The van der Waals surface area contributed by atoms with Crippen molar-refractivity contribution >= 4 is 16.8 Å². The van der Waals surface area contributed by atoms with Gasteiger partial charge in [-0.3, -0.25) is 14.2 Å². The van der Waals surface area contributed by atoms with E-state index in [1.807, 2.05) is 0 Å². The van der Waals surface area contributed by atoms with Gasteiger partial charge in [0.05, 0.1) is 22.1 Å². The van der Waals surface area contributed by atoms with Crippen LogP contribution in [0.25, 0.3) is 10.9 Å². The van der Waals surface area contributed by atoms with Crippen LogP contribution in [0.1, 0.15) is 49.7 Å². The van der Waals surface area contributed by atoms with Crippen molar-refractivity contribution in [1.29, 1.82) is 0 Å². The van der Waals surface area contributed by atoms with E-state index >= 15 is 0 Å². The number of H-pyrrole nitrogens is 1. The van der Waals surface area contributed by atoms with E-state index in [0.717, 1.165) is 12.1 Å². The molecule has 1 saturated heterocycles. The van der Waals surface area contributed by atoms with Crippen LogP contribution in [-0.4, -0.2) is 38.6 Å². The van der Waals surface area contributed by atoms with E-state index in [0.29, 0.717) is 30.2 Å². The number of aromatic nitrogens is 2. The zero-order valence-electron chi connectivity index (χ0n) is 19.7. The SMILES string of the molecule is O=C(CCCCCn1c(=O)[nH]c2ccccc2c1=O)N1CCC(O)(c2cccc(C(F)(F)F)c2)CC1. The van der Waals surface area contributed by atoms with E-state index in [-0.39, 0.29) is 55.9 Å². The summed E-state index contributed by atoms with van der Waals surface area (Å²) in [5.41, 5.74) is -2.31. The van der Waals surface area contributed by atoms with Crippen LogP contribution < -0.4 is 11.2 Å². The Bertz CT molecular complexity index is 1350. The van der Waals surface area contributed by atoms with Crippen LogP contribution in [0, 0.1) is 0 Å². The maximum atomic E-state index is 13.0. The van der Waals surface area contributed by atoms with Gasteiger partial charge in [0.1, 0.15) is 0 Å². The third kappa shape index (κ3) is 5.53. The molecule has 1 amide bonds. The quantitative estimate of drug-likeness (QED) is 0.480. The predicted molar refractivity (Wildman–Crippen MR) is 128 cm³/mol. The van der Waals surface area contributed by atoms with Crippen molar-refractivity contribution in [3.05, 3.63) is 80.5 Å². The number of alkyl halides is 3. The number of carbonyl (C=O) groups excluding carboxylic acids is 1. The molecule has 192 valence electrons. The largest absolute Gasteiger partial charge is 0.416 e. The zero-order valence-corrected chi connectivity index (χ0v) is 19.7. The van der Waals surface area contributed by atoms with Gasteiger partial charge in [0, 0.05) is 26.1 Å². The Hall–Kier alpha value is -3.40. The Morgan fingerprint density at radius 2 is 1.72 bits per heavy atom. The average Bonchev–Trinajstić information content (AvgIpc) is 2.85. The van der Waals surface area contributed by atoms with E-state index < -0.39 is 23.0 Å². The summed E-state index contributed by atoms with van der Waals surface area (Å²) in [6, 6.07) is 11.5. The molecule has 7 nitrogen and oxygen atoms in total. The summed E-state index contributed by atoms with van der Waals surface area (Å²) in [7, 11) is 0. The molecule has 0 atom stereocenters. The fraction of sp³-hybridized carbons (Fsp3) is 0.423. The van der Waals surface area contributed by atoms with Crippen LogP contribution in [-0.2, 0) is 23.1 Å². The van der Waals surface area contributed by atoms with Gasteiger partial charge < -0.3 is 15.0 Å². The molecule has 2 aromatic carbocycles. The maximum Gasteiger partial charge on any atom is 0.416 e. The number of unbranched alkanes of at least 4 members (excludes halogenated alkanes) is 2. The predicted octanol–water partition coefficient (Wildman–Crippen LogP) is 3.78. The van der Waals surface area contributed by atoms with Gasteiger partial charge in [-0.15, -0.1) is 0 Å². The maximum absolute atomic E-state index is 13.0. The first-order valence-electron chi connectivity index (χ1n) is 12.0. The van der Waals surface area contributed by atoms with Gasteiger partial charge in [0.2, 0.25) is 5.91 Å². The van der Waals surface area contributed by atoms with E-state index in [1.165, 1.54) is 16.7 Å². The van der Waals surface area contributed by atoms with E-state index in [2.05, 4.69) is 4.98 Å². The fourth-order valence-electron chi connectivity index (χ4n) is 4.68. The number of nitrogens with zero attached hydrogens (tertiary/aromatic N) is 2. The molecule has 4 rings (SSSR count). The van der Waals surface area contributed by atoms with Crippen molar-refractivity contribution in [1.82, 2.24) is 14.5 Å². The summed E-state index contributed by atoms with van der Waals surface area (Å²) in [5, 5.41) is 11.4. The van der Waals surface area contributed by atoms with E-state index in [4.69, 9.17) is 0 Å². The molecule has 0 unspecified atom stereocenters. The normalized spacial score (nSPS) is 15.8. The first kappa shape index (κ1) is 25.7. The highest BCUT2D eigenvalue weighted by Crippen LogP contribution is 2.36. The number of aromatic amines is 1. The average molecular weight is 504 g/mol. The summed E-state index contributed by atoms with van der Waals surface area (Å²) >= 11 is 0. The lowest BCUT2D eigenvalue weighted by Crippen LogP contribution is -2.45. The van der Waals surface area contributed by atoms with Gasteiger partial charge in [-0.1, -0.05) is 30.7 Å². The van der Waals surface area contributed by atoms with Crippen molar-refractivity contribution in [2.45, 2.75) is 56.8 Å². The number of amides is 1. The smallest absolute Gasteiger partial charge is 0.385 e. The molecular formula is C26H28F3N3O4. The zero-order chi connectivity index (χ0) is 25.9. The van der Waals surface area contributed by atoms with Crippen molar-refractivity contribution in [2.24, 2.45) is 0 Å². The molecular weight excluding hydrogens is 475 g/mol. The molecule has 36 heavy (non-hydrogen) atoms. The van der Waals surface area contributed by atoms with Crippen molar-refractivity contribution < 1.29 is 23.1 Å². The number of para-hydroxylation sites is 1. The molecule has 0 spiro atoms. The molecule has 1 aromatic heterocycles. The Labute approximate surface area is 205 Å². The minimum atomic E-state index is -4.49. The number of hydrogen-bond acceptors (Lipinski definition) is 4. The van der Waals surface area contributed by atoms with Crippen molar-refractivity contribution in [3.63, 3.8) is 0 Å². The standard InChI is InChI=1S/C26H28F3N3O4/c27-26(28,29)19-8-6-7-18(17-19)25(36)12-15-31(16-13-25)22(33)11-2-1-5-14-32-23(34)20-9-3-4-10-21(20)30-24(32)35/h3-4,6-10,17,36H,1-2,5,11-16H2,(H,30,35). The summed E-state index contributed by atoms with van der Waals surface area (Å²) < 4.78 is 40.3. The molecule has 10 heteroatoms. The lowest BCUT2D eigenvalue weighted by atomic mass is 9.83. The van der Waals surface area contributed by atoms with Gasteiger partial charge >= 0.3 is 11.9 Å². The van der Waals surface area contributed by atoms with Crippen LogP contribution >= 0.6 is 0 Å². The lowest BCUT2D eigenvalue weighted by molar-refractivity contribution is -0.137. The van der Waals surface area contributed by atoms with Gasteiger partial charge in [-0.25, -0.2) is 4.79 Å². The topological polar surface area (TPSA) is 95.4 Å². The van der Waals surface area contributed by atoms with Crippen LogP contribution in [0.2, 0.25) is 0 Å². The number of carbonyl (C=O) groups is 1. The first-order chi connectivity index (χ1) is 17.1. The Morgan fingerprint density at radius 3 is 2.44 bits per heavy atom. The molecule has 1 fully saturated rings. The molecule has 0 aliphatic carbocycles. The molecule has 1 aliphatic heterocycles. The summed E-state index contributed by atoms with van der Waals surface area (Å²) in [5.74, 6) is -0.0817. The third-order valence-electron chi connectivity index (χ3n) is 6.83. The minimum Gasteiger partial charge on any atom is -0.385 e. The Balaban J connectivity index is 1.25. The summed E-state index contributed by atoms with van der Waals surface area (Å²) in [6.07, 6.45) is -2.10. The molecule has 1 aliphatic rings. The molecule has 3 aromatic rings. The summed E-state index contributed by atoms with van der Waals surface area (Å²) in [6.45, 7) is 0.766. The van der Waals surface area contributed by atoms with Crippen LogP contribution in [0.15, 0.2) is 58.1 Å². The molecule has 2 N–H and O–H groups in total. The highest BCUT2D eigenvalue weighted by atomic mass is 19.4. The molecule has 2 heterocycles. The third-order valence-corrected chi connectivity index (χ3v) is 6.83. The van der Waals surface area contributed by atoms with Gasteiger partial charge in [-0.2, -0.15) is 13.2 Å². The highest BCUT2D eigenvalue weighted by molar-refractivity contribution is 5.77. The lowest BCUT2D eigenvalue weighted by Gasteiger charge is -2.38. The number of nitrogens with one attached hydrogen (secondary N) is 1. The summed E-state index contributed by atoms with van der Waals surface area (Å²) in [4.78, 5) is 41.7. The van der Waals surface area contributed by atoms with Gasteiger partial charge in [-0.05, 0) is 55.5 Å². The number of likely N-dealkylation sites (tertiary alicyclic amines) is 1. The first-order valence-corrected chi connectivity index (χ1v) is 12.0. The number of rotatable bonds is 7. The number of piperidine rings is 1. The fourth-order valence-corrected chi connectivity index (χ4v) is 4.68. The highest BCUT2D eigenvalue weighted by Gasteiger charge is 2.37. The molecule has 0 saturated carbocycles. The number of halogens is 3. The minimum absolute atomic E-state index is 0.0817. The second kappa shape index (κ2) is 10.3. The van der Waals surface area contributed by atoms with Crippen molar-refractivity contribution in [3.8, 4) is 0 Å². The number of aliphatic hydroxyl groups is 1. The van der Waals surface area contributed by atoms with E-state index in [9.17, 15) is 32.7 Å². The van der Waals surface area contributed by atoms with Gasteiger partial charge in [0.15, 0.2) is 0 Å². The number of fused-ring (bicyclic) bond motifs is 1. The number of benzene rings is 2. The number of hydrogen-bond donors (Lipinski definition) is 2. The van der Waals surface area contributed by atoms with Crippen LogP contribution in [0.3, 0.4) is 0 Å². The van der Waals surface area contributed by atoms with E-state index in [1.54, 1.807) is 29.2 Å². The monoisotopic (exact) mass is 503 g/mol. The second-order valence-electron chi connectivity index (χ2n) is 9.23. The van der Waals surface area contributed by atoms with Crippen LogP contribution in [0.5, 0.6) is 0 Å².